The van der Waals surface area contributed by atoms with E-state index in [1.54, 1.807) is 0 Å². The number of ether oxygens (including phenoxy) is 1. The van der Waals surface area contributed by atoms with E-state index in [0.717, 1.165) is 25.6 Å². The molecule has 4 nitrogen and oxygen atoms in total. The molecule has 0 aromatic carbocycles. The molecule has 1 aliphatic carbocycles. The Bertz CT molecular complexity index is 371. The molecular formula is C15H27N3O. The van der Waals surface area contributed by atoms with Crippen molar-refractivity contribution in [2.45, 2.75) is 58.7 Å². The molecule has 0 spiro atoms. The Labute approximate surface area is 116 Å². The van der Waals surface area contributed by atoms with Crippen LogP contribution in [0.3, 0.4) is 0 Å². The van der Waals surface area contributed by atoms with Crippen molar-refractivity contribution in [1.29, 1.82) is 0 Å². The molecular weight excluding hydrogens is 238 g/mol. The maximum absolute atomic E-state index is 5.65. The average Bonchev–Trinajstić information content (AvgIpc) is 2.83. The summed E-state index contributed by atoms with van der Waals surface area (Å²) in [4.78, 5) is 0. The maximum atomic E-state index is 5.65. The highest BCUT2D eigenvalue weighted by molar-refractivity contribution is 5.08. The molecule has 1 heterocycles. The van der Waals surface area contributed by atoms with Gasteiger partial charge in [0.2, 0.25) is 0 Å². The van der Waals surface area contributed by atoms with E-state index in [2.05, 4.69) is 41.9 Å². The zero-order valence-corrected chi connectivity index (χ0v) is 12.4. The summed E-state index contributed by atoms with van der Waals surface area (Å²) in [5.41, 5.74) is 1.32. The molecule has 1 aromatic heterocycles. The normalized spacial score (nSPS) is 24.2. The minimum atomic E-state index is 0.431. The van der Waals surface area contributed by atoms with Gasteiger partial charge in [-0.25, -0.2) is 0 Å². The second-order valence-corrected chi connectivity index (χ2v) is 5.33. The third-order valence-electron chi connectivity index (χ3n) is 4.02. The van der Waals surface area contributed by atoms with Crippen LogP contribution >= 0.6 is 0 Å². The monoisotopic (exact) mass is 265 g/mol. The van der Waals surface area contributed by atoms with Crippen molar-refractivity contribution < 1.29 is 4.74 Å². The molecule has 1 atom stereocenters. The van der Waals surface area contributed by atoms with Gasteiger partial charge in [0.1, 0.15) is 0 Å². The molecule has 1 saturated carbocycles. The first-order valence-electron chi connectivity index (χ1n) is 7.65. The van der Waals surface area contributed by atoms with Crippen LogP contribution in [0.15, 0.2) is 12.3 Å². The van der Waals surface area contributed by atoms with Gasteiger partial charge in [-0.15, -0.1) is 0 Å². The van der Waals surface area contributed by atoms with E-state index in [-0.39, 0.29) is 0 Å². The zero-order valence-electron chi connectivity index (χ0n) is 12.4. The molecule has 0 bridgehead atoms. The molecule has 1 unspecified atom stereocenters. The Kier molecular flexibility index (Phi) is 5.40. The summed E-state index contributed by atoms with van der Waals surface area (Å²) in [5.74, 6) is 0.792. The number of rotatable bonds is 8. The van der Waals surface area contributed by atoms with Crippen LogP contribution in [0.2, 0.25) is 0 Å². The number of nitrogens with zero attached hydrogens (tertiary/aromatic N) is 2. The first-order valence-corrected chi connectivity index (χ1v) is 7.65. The summed E-state index contributed by atoms with van der Waals surface area (Å²) < 4.78 is 7.75. The van der Waals surface area contributed by atoms with Crippen LogP contribution in [0.1, 0.15) is 51.8 Å². The van der Waals surface area contributed by atoms with Crippen molar-refractivity contribution in [3.05, 3.63) is 18.0 Å². The molecule has 1 fully saturated rings. The van der Waals surface area contributed by atoms with E-state index in [1.807, 2.05) is 6.20 Å². The number of hydrogen-bond acceptors (Lipinski definition) is 3. The molecule has 1 aromatic rings. The fourth-order valence-corrected chi connectivity index (χ4v) is 3.03. The minimum Gasteiger partial charge on any atom is -0.378 e. The molecule has 19 heavy (non-hydrogen) atoms. The van der Waals surface area contributed by atoms with Gasteiger partial charge in [0, 0.05) is 25.4 Å². The maximum Gasteiger partial charge on any atom is 0.0580 e. The number of aryl methyl sites for hydroxylation is 1. The van der Waals surface area contributed by atoms with E-state index in [1.165, 1.54) is 25.0 Å². The molecule has 0 saturated heterocycles. The fraction of sp³-hybridized carbons (Fsp3) is 0.800. The van der Waals surface area contributed by atoms with Crippen LogP contribution in [0.25, 0.3) is 0 Å². The first-order chi connectivity index (χ1) is 9.28. The van der Waals surface area contributed by atoms with Crippen LogP contribution in [0.5, 0.6) is 0 Å². The van der Waals surface area contributed by atoms with Crippen molar-refractivity contribution in [1.82, 2.24) is 15.1 Å². The smallest absolute Gasteiger partial charge is 0.0580 e. The van der Waals surface area contributed by atoms with Gasteiger partial charge >= 0.3 is 0 Å². The third kappa shape index (κ3) is 3.57. The van der Waals surface area contributed by atoms with Gasteiger partial charge in [-0.1, -0.05) is 6.92 Å². The van der Waals surface area contributed by atoms with Gasteiger partial charge in [0.15, 0.2) is 0 Å². The summed E-state index contributed by atoms with van der Waals surface area (Å²) >= 11 is 0. The lowest BCUT2D eigenvalue weighted by Gasteiger charge is -2.37. The molecule has 108 valence electrons. The molecule has 0 amide bonds. The second-order valence-electron chi connectivity index (χ2n) is 5.33. The van der Waals surface area contributed by atoms with E-state index < -0.39 is 0 Å². The summed E-state index contributed by atoms with van der Waals surface area (Å²) in [5, 5.41) is 7.99. The summed E-state index contributed by atoms with van der Waals surface area (Å²) in [6.07, 6.45) is 6.05. The second kappa shape index (κ2) is 7.06. The number of aromatic nitrogens is 2. The molecule has 0 radical (unpaired) electrons. The number of hydrogen-bond donors (Lipinski definition) is 1. The average molecular weight is 265 g/mol. The van der Waals surface area contributed by atoms with Crippen LogP contribution in [-0.2, 0) is 11.3 Å². The highest BCUT2D eigenvalue weighted by Gasteiger charge is 2.32. The highest BCUT2D eigenvalue weighted by Crippen LogP contribution is 2.36. The van der Waals surface area contributed by atoms with Gasteiger partial charge in [0.25, 0.3) is 0 Å². The minimum absolute atomic E-state index is 0.431. The van der Waals surface area contributed by atoms with Gasteiger partial charge in [-0.3, -0.25) is 4.68 Å². The molecule has 1 aliphatic rings. The van der Waals surface area contributed by atoms with E-state index in [0.29, 0.717) is 12.1 Å². The van der Waals surface area contributed by atoms with Gasteiger partial charge < -0.3 is 10.1 Å². The summed E-state index contributed by atoms with van der Waals surface area (Å²) in [6, 6.07) is 2.58. The van der Waals surface area contributed by atoms with Crippen LogP contribution in [-0.4, -0.2) is 29.0 Å². The van der Waals surface area contributed by atoms with E-state index >= 15 is 0 Å². The van der Waals surface area contributed by atoms with E-state index in [9.17, 15) is 0 Å². The van der Waals surface area contributed by atoms with Crippen molar-refractivity contribution in [2.75, 3.05) is 13.2 Å². The largest absolute Gasteiger partial charge is 0.378 e. The van der Waals surface area contributed by atoms with Crippen LogP contribution in [0, 0.1) is 5.92 Å². The van der Waals surface area contributed by atoms with Gasteiger partial charge in [-0.2, -0.15) is 5.10 Å². The Morgan fingerprint density at radius 3 is 2.84 bits per heavy atom. The molecule has 4 heteroatoms. The predicted octanol–water partition coefficient (Wildman–Crippen LogP) is 2.76. The van der Waals surface area contributed by atoms with Gasteiger partial charge in [0.05, 0.1) is 11.8 Å². The Hall–Kier alpha value is -0.870. The van der Waals surface area contributed by atoms with Crippen molar-refractivity contribution in [2.24, 2.45) is 5.92 Å². The Morgan fingerprint density at radius 1 is 1.42 bits per heavy atom. The molecule has 1 N–H and O–H groups in total. The van der Waals surface area contributed by atoms with Crippen molar-refractivity contribution in [3.63, 3.8) is 0 Å². The fourth-order valence-electron chi connectivity index (χ4n) is 3.03. The van der Waals surface area contributed by atoms with Crippen molar-refractivity contribution >= 4 is 0 Å². The van der Waals surface area contributed by atoms with Crippen molar-refractivity contribution in [3.8, 4) is 0 Å². The predicted molar refractivity (Wildman–Crippen MR) is 77.1 cm³/mol. The lowest BCUT2D eigenvalue weighted by atomic mass is 9.77. The zero-order chi connectivity index (χ0) is 13.7. The summed E-state index contributed by atoms with van der Waals surface area (Å²) in [7, 11) is 0. The lowest BCUT2D eigenvalue weighted by Crippen LogP contribution is -2.35. The van der Waals surface area contributed by atoms with Crippen LogP contribution < -0.4 is 5.32 Å². The highest BCUT2D eigenvalue weighted by atomic mass is 16.5. The van der Waals surface area contributed by atoms with E-state index in [4.69, 9.17) is 4.74 Å². The third-order valence-corrected chi connectivity index (χ3v) is 4.02. The topological polar surface area (TPSA) is 39.1 Å². The molecule has 0 aliphatic heterocycles. The summed E-state index contributed by atoms with van der Waals surface area (Å²) in [6.45, 7) is 9.18. The first kappa shape index (κ1) is 14.5. The van der Waals surface area contributed by atoms with Crippen LogP contribution in [0.4, 0.5) is 0 Å². The molecule has 2 rings (SSSR count). The SMILES string of the molecule is CCNC(CC1CC(OCC)C1)c1ccnn1CC. The Balaban J connectivity index is 1.90. The number of nitrogens with one attached hydrogen (secondary N) is 1. The van der Waals surface area contributed by atoms with Gasteiger partial charge in [-0.05, 0) is 51.6 Å². The lowest BCUT2D eigenvalue weighted by molar-refractivity contribution is -0.0293. The quantitative estimate of drug-likeness (QED) is 0.785. The standard InChI is InChI=1S/C15H27N3O/c1-4-16-14(15-7-8-17-18(15)5-2)11-12-9-13(10-12)19-6-3/h7-8,12-14,16H,4-6,9-11H2,1-3H3. The Morgan fingerprint density at radius 2 is 2.21 bits per heavy atom.